The van der Waals surface area contributed by atoms with Crippen LogP contribution < -0.4 is 0 Å². The number of carboxylic acids is 1. The summed E-state index contributed by atoms with van der Waals surface area (Å²) in [6.07, 6.45) is 21.8. The summed E-state index contributed by atoms with van der Waals surface area (Å²) in [4.78, 5) is 14.4. The monoisotopic (exact) mass is 615 g/mol. The number of halogens is 1. The molecule has 1 aromatic carbocycles. The molecule has 246 valence electrons. The first-order valence-corrected chi connectivity index (χ1v) is 16.8. The third-order valence-electron chi connectivity index (χ3n) is 6.15. The molecule has 0 amide bonds. The Morgan fingerprint density at radius 1 is 0.930 bits per heavy atom. The smallest absolute Gasteiger partial charge is 0.335 e. The molecule has 1 unspecified atom stereocenters. The van der Waals surface area contributed by atoms with Gasteiger partial charge < -0.3 is 5.11 Å². The highest BCUT2D eigenvalue weighted by atomic mass is 35.5. The van der Waals surface area contributed by atoms with Crippen molar-refractivity contribution in [1.82, 2.24) is 4.98 Å². The maximum atomic E-state index is 10.4. The zero-order valence-corrected chi connectivity index (χ0v) is 30.5. The summed E-state index contributed by atoms with van der Waals surface area (Å²) in [7, 11) is 0. The minimum absolute atomic E-state index is 0.303. The molecule has 0 radical (unpaired) electrons. The third kappa shape index (κ3) is 30.7. The van der Waals surface area contributed by atoms with Crippen LogP contribution in [0.1, 0.15) is 160 Å². The van der Waals surface area contributed by atoms with Crippen LogP contribution in [0.2, 0.25) is 5.02 Å². The normalized spacial score (nSPS) is 9.93. The summed E-state index contributed by atoms with van der Waals surface area (Å²) in [5.41, 5.74) is 5.12. The van der Waals surface area contributed by atoms with Crippen LogP contribution >= 0.6 is 11.6 Å². The number of hydrogen-bond donors (Lipinski definition) is 1. The van der Waals surface area contributed by atoms with Gasteiger partial charge in [-0.15, -0.1) is 19.4 Å². The highest BCUT2D eigenvalue weighted by Gasteiger charge is 2.12. The number of carboxylic acid groups (broad SMARTS) is 1. The Morgan fingerprint density at radius 2 is 1.51 bits per heavy atom. The molecule has 0 spiro atoms. The summed E-state index contributed by atoms with van der Waals surface area (Å²) in [5, 5.41) is 9.46. The van der Waals surface area contributed by atoms with Gasteiger partial charge in [-0.25, -0.2) is 4.79 Å². The van der Waals surface area contributed by atoms with Crippen molar-refractivity contribution in [3.05, 3.63) is 76.1 Å². The lowest BCUT2D eigenvalue weighted by Gasteiger charge is -2.18. The van der Waals surface area contributed by atoms with Gasteiger partial charge in [-0.2, -0.15) is 0 Å². The molecule has 1 aromatic heterocycles. The Balaban J connectivity index is -0.000000252. The number of rotatable bonds is 12. The second kappa shape index (κ2) is 33.9. The maximum absolute atomic E-state index is 10.4. The van der Waals surface area contributed by atoms with Gasteiger partial charge in [-0.1, -0.05) is 118 Å². The number of benzene rings is 1. The molecule has 2 aromatic rings. The van der Waals surface area contributed by atoms with Crippen molar-refractivity contribution >= 4 is 17.6 Å². The van der Waals surface area contributed by atoms with Crippen molar-refractivity contribution in [2.24, 2.45) is 5.92 Å². The molecule has 0 saturated heterocycles. The summed E-state index contributed by atoms with van der Waals surface area (Å²) in [5.74, 6) is 0.566. The Kier molecular flexibility index (Phi) is 37.4. The fraction of sp³-hybridized carbons (Fsp3) is 0.590. The number of nitrogens with zero attached hydrogens (tertiary/aromatic N) is 1. The van der Waals surface area contributed by atoms with Crippen LogP contribution in [0.25, 0.3) is 0 Å². The van der Waals surface area contributed by atoms with E-state index in [0.717, 1.165) is 23.1 Å². The lowest BCUT2D eigenvalue weighted by atomic mass is 9.87. The van der Waals surface area contributed by atoms with E-state index in [2.05, 4.69) is 91.9 Å². The van der Waals surface area contributed by atoms with Crippen LogP contribution in [0.4, 0.5) is 0 Å². The van der Waals surface area contributed by atoms with Crippen molar-refractivity contribution in [2.75, 3.05) is 0 Å². The fourth-order valence-electron chi connectivity index (χ4n) is 3.64. The van der Waals surface area contributed by atoms with E-state index in [1.165, 1.54) is 86.8 Å². The van der Waals surface area contributed by atoms with Crippen molar-refractivity contribution in [2.45, 2.75) is 146 Å². The molecule has 3 nitrogen and oxygen atoms in total. The molecule has 43 heavy (non-hydrogen) atoms. The van der Waals surface area contributed by atoms with Gasteiger partial charge in [0.05, 0.1) is 5.56 Å². The number of aromatic carboxylic acids is 1. The van der Waals surface area contributed by atoms with E-state index in [4.69, 9.17) is 16.7 Å². The number of terminal acetylenes is 1. The van der Waals surface area contributed by atoms with Crippen LogP contribution in [0.15, 0.2) is 48.7 Å². The second-order valence-corrected chi connectivity index (χ2v) is 11.2. The lowest BCUT2D eigenvalue weighted by molar-refractivity contribution is 0.0696. The van der Waals surface area contributed by atoms with Gasteiger partial charge in [-0.3, -0.25) is 4.98 Å². The maximum Gasteiger partial charge on any atom is 0.335 e. The first kappa shape index (κ1) is 47.4. The molecule has 0 aliphatic rings. The molecule has 4 heteroatoms. The number of allylic oxidation sites excluding steroid dienone is 1. The van der Waals surface area contributed by atoms with Gasteiger partial charge in [0.15, 0.2) is 0 Å². The topological polar surface area (TPSA) is 50.2 Å². The minimum atomic E-state index is -0.901. The zero-order chi connectivity index (χ0) is 34.2. The molecule has 0 fully saturated rings. The lowest BCUT2D eigenvalue weighted by Crippen LogP contribution is -2.01. The summed E-state index contributed by atoms with van der Waals surface area (Å²) >= 11 is 6.16. The van der Waals surface area contributed by atoms with E-state index in [1.54, 1.807) is 6.07 Å². The van der Waals surface area contributed by atoms with Crippen LogP contribution in [-0.4, -0.2) is 16.1 Å². The van der Waals surface area contributed by atoms with Gasteiger partial charge in [-0.05, 0) is 93.2 Å². The van der Waals surface area contributed by atoms with Gasteiger partial charge >= 0.3 is 5.97 Å². The van der Waals surface area contributed by atoms with E-state index in [1.807, 2.05) is 26.8 Å². The van der Waals surface area contributed by atoms with Crippen molar-refractivity contribution < 1.29 is 9.90 Å². The Labute approximate surface area is 273 Å². The third-order valence-corrected chi connectivity index (χ3v) is 6.37. The number of hydrogen-bond acceptors (Lipinski definition) is 2. The summed E-state index contributed by atoms with van der Waals surface area (Å²) < 4.78 is 0. The SMILES string of the molecule is C#C.C=C(C)CCCC.CC.CCCC.CCCC(CCC(C)C)c1cc(C)cc(Cl)c1.CCc1cc(C(=O)O)ccn1. The predicted octanol–water partition coefficient (Wildman–Crippen LogP) is 13.1. The van der Waals surface area contributed by atoms with Crippen molar-refractivity contribution in [3.8, 4) is 12.8 Å². The predicted molar refractivity (Wildman–Crippen MR) is 195 cm³/mol. The van der Waals surface area contributed by atoms with E-state index >= 15 is 0 Å². The van der Waals surface area contributed by atoms with Crippen molar-refractivity contribution in [1.29, 1.82) is 0 Å². The average Bonchev–Trinajstić information content (AvgIpc) is 3.00. The highest BCUT2D eigenvalue weighted by molar-refractivity contribution is 6.30. The van der Waals surface area contributed by atoms with Gasteiger partial charge in [0.2, 0.25) is 0 Å². The average molecular weight is 616 g/mol. The molecular weight excluding hydrogens is 550 g/mol. The zero-order valence-electron chi connectivity index (χ0n) is 29.7. The van der Waals surface area contributed by atoms with Crippen LogP contribution in [0, 0.1) is 25.7 Å². The highest BCUT2D eigenvalue weighted by Crippen LogP contribution is 2.30. The first-order valence-electron chi connectivity index (χ1n) is 16.4. The molecular formula is C39H66ClNO2. The van der Waals surface area contributed by atoms with Gasteiger partial charge in [0, 0.05) is 16.9 Å². The first-order chi connectivity index (χ1) is 20.4. The molecule has 1 N–H and O–H groups in total. The summed E-state index contributed by atoms with van der Waals surface area (Å²) in [6, 6.07) is 9.56. The van der Waals surface area contributed by atoms with Crippen LogP contribution in [0.5, 0.6) is 0 Å². The standard InChI is InChI=1S/C16H25Cl.C8H9NO2.C7H14.C4H10.C2H6.C2H2/c1-5-6-14(8-7-12(2)3)15-9-13(4)10-16(17)11-15;1-2-7-5-6(8(10)11)3-4-9-7;1-4-5-6-7(2)3;1-3-4-2;2*1-2/h9-12,14H,5-8H2,1-4H3;3-5H,2H2,1H3,(H,10,11);2,4-6H2,1,3H3;3-4H2,1-2H3;1-2H3;1-2H. The van der Waals surface area contributed by atoms with Gasteiger partial charge in [0.1, 0.15) is 0 Å². The van der Waals surface area contributed by atoms with Crippen molar-refractivity contribution in [3.63, 3.8) is 0 Å². The number of unbranched alkanes of at least 4 members (excludes halogenated alkanes) is 2. The molecule has 0 bridgehead atoms. The molecule has 0 aliphatic carbocycles. The number of aromatic nitrogens is 1. The molecule has 1 heterocycles. The second-order valence-electron chi connectivity index (χ2n) is 10.8. The molecule has 2 rings (SSSR count). The van der Waals surface area contributed by atoms with E-state index in [9.17, 15) is 4.79 Å². The Morgan fingerprint density at radius 3 is 1.88 bits per heavy atom. The minimum Gasteiger partial charge on any atom is -0.478 e. The quantitative estimate of drug-likeness (QED) is 0.191. The summed E-state index contributed by atoms with van der Waals surface area (Å²) in [6.45, 7) is 27.4. The van der Waals surface area contributed by atoms with E-state index < -0.39 is 5.97 Å². The largest absolute Gasteiger partial charge is 0.478 e. The molecule has 1 atom stereocenters. The fourth-order valence-corrected chi connectivity index (χ4v) is 3.94. The van der Waals surface area contributed by atoms with E-state index in [-0.39, 0.29) is 0 Å². The van der Waals surface area contributed by atoms with Gasteiger partial charge in [0.25, 0.3) is 0 Å². The van der Waals surface area contributed by atoms with Crippen LogP contribution in [-0.2, 0) is 6.42 Å². The Hall–Kier alpha value is -2.57. The number of pyridine rings is 1. The number of aryl methyl sites for hydroxylation is 2. The number of carbonyl (C=O) groups is 1. The van der Waals surface area contributed by atoms with Crippen LogP contribution in [0.3, 0.4) is 0 Å². The van der Waals surface area contributed by atoms with E-state index in [0.29, 0.717) is 11.5 Å². The molecule has 0 saturated carbocycles. The Bertz CT molecular complexity index is 927. The molecule has 0 aliphatic heterocycles.